The summed E-state index contributed by atoms with van der Waals surface area (Å²) in [6.45, 7) is 9.35. The summed E-state index contributed by atoms with van der Waals surface area (Å²) in [5, 5.41) is 8.40. The molecule has 2 aromatic heterocycles. The van der Waals surface area contributed by atoms with Crippen LogP contribution in [0, 0.1) is 5.41 Å². The van der Waals surface area contributed by atoms with Crippen LogP contribution in [0.3, 0.4) is 0 Å². The van der Waals surface area contributed by atoms with E-state index in [1.54, 1.807) is 12.1 Å². The summed E-state index contributed by atoms with van der Waals surface area (Å²) in [5.41, 5.74) is 4.62. The number of piperidine rings is 1. The van der Waals surface area contributed by atoms with Gasteiger partial charge in [-0.25, -0.2) is 27.9 Å². The van der Waals surface area contributed by atoms with Crippen molar-refractivity contribution in [1.29, 1.82) is 0 Å². The molecule has 4 aliphatic rings. The van der Waals surface area contributed by atoms with Gasteiger partial charge in [-0.3, -0.25) is 4.79 Å². The highest BCUT2D eigenvalue weighted by Gasteiger charge is 2.49. The molecule has 1 N–H and O–H groups in total. The number of nitrogens with one attached hydrogen (secondary N) is 1. The summed E-state index contributed by atoms with van der Waals surface area (Å²) in [5.74, 6) is 0.740. The van der Waals surface area contributed by atoms with Gasteiger partial charge in [-0.2, -0.15) is 0 Å². The van der Waals surface area contributed by atoms with E-state index in [0.29, 0.717) is 66.1 Å². The van der Waals surface area contributed by atoms with Crippen LogP contribution in [-0.4, -0.2) is 78.3 Å². The Balaban J connectivity index is 1.18. The number of fused-ring (bicyclic) bond motifs is 3. The number of carbonyl (C=O) groups is 2. The van der Waals surface area contributed by atoms with E-state index in [4.69, 9.17) is 29.3 Å². The lowest BCUT2D eigenvalue weighted by atomic mass is 9.72. The number of sulfone groups is 1. The summed E-state index contributed by atoms with van der Waals surface area (Å²) in [6, 6.07) is 13.5. The Morgan fingerprint density at radius 1 is 1.00 bits per heavy atom. The Morgan fingerprint density at radius 3 is 2.50 bits per heavy atom. The highest BCUT2D eigenvalue weighted by Crippen LogP contribution is 2.52. The van der Waals surface area contributed by atoms with Gasteiger partial charge in [-0.1, -0.05) is 30.3 Å². The van der Waals surface area contributed by atoms with E-state index in [0.717, 1.165) is 61.8 Å². The lowest BCUT2D eigenvalue weighted by Crippen LogP contribution is -2.48. The number of amides is 1. The maximum Gasteiger partial charge on any atom is 0.408 e. The lowest BCUT2D eigenvalue weighted by molar-refractivity contribution is -0.142. The zero-order valence-corrected chi connectivity index (χ0v) is 33.7. The fourth-order valence-corrected chi connectivity index (χ4v) is 9.99. The third kappa shape index (κ3) is 7.31. The molecule has 0 saturated carbocycles. The maximum absolute atomic E-state index is 13.2. The van der Waals surface area contributed by atoms with Crippen LogP contribution >= 0.6 is 0 Å². The highest BCUT2D eigenvalue weighted by atomic mass is 32.2. The van der Waals surface area contributed by atoms with Gasteiger partial charge in [-0.05, 0) is 101 Å². The first kappa shape index (κ1) is 38.1. The molecule has 1 amide bonds. The number of esters is 1. The van der Waals surface area contributed by atoms with Crippen molar-refractivity contribution in [2.75, 3.05) is 42.3 Å². The van der Waals surface area contributed by atoms with Crippen LogP contribution in [-0.2, 0) is 48.3 Å². The number of alkyl carbamates (subject to hydrolysis) is 1. The molecule has 8 rings (SSSR count). The number of benzene rings is 2. The number of aromatic nitrogens is 4. The average Bonchev–Trinajstić information content (AvgIpc) is 3.67. The normalized spacial score (nSPS) is 20.8. The Hall–Kier alpha value is -4.76. The van der Waals surface area contributed by atoms with Gasteiger partial charge in [0, 0.05) is 50.5 Å². The molecule has 4 aromatic rings. The SMILES string of the molecule is CC(=O)OCc1nc2c(N3CCCc4c3cccc4S(C)(=O)=O)nn(C3CCCCO3)c2nc1N1CCC2(CC1)Cc1ccccc1[C@H]2NC(=O)OC(C)(C)C. The Bertz CT molecular complexity index is 2270. The van der Waals surface area contributed by atoms with Gasteiger partial charge in [0.15, 0.2) is 38.9 Å². The van der Waals surface area contributed by atoms with Crippen LogP contribution < -0.4 is 15.1 Å². The van der Waals surface area contributed by atoms with E-state index in [1.807, 2.05) is 48.6 Å². The zero-order chi connectivity index (χ0) is 39.4. The van der Waals surface area contributed by atoms with Crippen molar-refractivity contribution < 1.29 is 32.2 Å². The summed E-state index contributed by atoms with van der Waals surface area (Å²) in [6.07, 6.45) is 6.86. The fraction of sp³-hybridized carbons (Fsp3) is 0.537. The topological polar surface area (TPSA) is 158 Å². The Morgan fingerprint density at radius 2 is 1.79 bits per heavy atom. The number of anilines is 3. The quantitative estimate of drug-likeness (QED) is 0.204. The number of hydrogen-bond acceptors (Lipinski definition) is 12. The van der Waals surface area contributed by atoms with Crippen LogP contribution in [0.4, 0.5) is 22.1 Å². The number of ether oxygens (including phenoxy) is 3. The third-order valence-corrected chi connectivity index (χ3v) is 12.7. The maximum atomic E-state index is 13.2. The van der Waals surface area contributed by atoms with Crippen molar-refractivity contribution in [3.63, 3.8) is 0 Å². The molecule has 1 unspecified atom stereocenters. The standard InChI is InChI=1S/C41H51N7O7S/c1-26(49)54-25-30-36(46-21-18-41(19-22-46)24-27-12-6-7-13-28(27)35(41)43-39(50)55-40(2,3)4)44-37-34(42-30)38(45-48(37)33-17-8-9-23-53-33)47-20-11-14-29-31(47)15-10-16-32(29)56(5,51)52/h6-7,10,12-13,15-16,33,35H,8-9,11,14,17-25H2,1-5H3,(H,43,50)/t33?,35-/m1/s1. The summed E-state index contributed by atoms with van der Waals surface area (Å²) >= 11 is 0. The number of carbonyl (C=O) groups excluding carboxylic acids is 2. The molecular weight excluding hydrogens is 735 g/mol. The second-order valence-electron chi connectivity index (χ2n) is 16.6. The second kappa shape index (κ2) is 14.6. The second-order valence-corrected chi connectivity index (χ2v) is 18.6. The minimum absolute atomic E-state index is 0.0805. The molecule has 2 fully saturated rings. The van der Waals surface area contributed by atoms with E-state index in [1.165, 1.54) is 18.7 Å². The van der Waals surface area contributed by atoms with E-state index >= 15 is 0 Å². The minimum Gasteiger partial charge on any atom is -0.459 e. The van der Waals surface area contributed by atoms with Gasteiger partial charge >= 0.3 is 12.1 Å². The van der Waals surface area contributed by atoms with Crippen molar-refractivity contribution in [3.05, 3.63) is 64.8 Å². The summed E-state index contributed by atoms with van der Waals surface area (Å²) in [4.78, 5) is 40.5. The van der Waals surface area contributed by atoms with Gasteiger partial charge in [0.05, 0.1) is 10.9 Å². The van der Waals surface area contributed by atoms with Gasteiger partial charge in [0.2, 0.25) is 0 Å². The van der Waals surface area contributed by atoms with Crippen LogP contribution in [0.1, 0.15) is 101 Å². The summed E-state index contributed by atoms with van der Waals surface area (Å²) < 4.78 is 45.1. The highest BCUT2D eigenvalue weighted by molar-refractivity contribution is 7.90. The fourth-order valence-electron chi connectivity index (χ4n) is 9.01. The Kier molecular flexibility index (Phi) is 9.96. The predicted octanol–water partition coefficient (Wildman–Crippen LogP) is 6.49. The monoisotopic (exact) mass is 785 g/mol. The molecule has 2 aromatic carbocycles. The number of hydrogen-bond donors (Lipinski definition) is 1. The van der Waals surface area contributed by atoms with E-state index in [9.17, 15) is 18.0 Å². The largest absolute Gasteiger partial charge is 0.459 e. The van der Waals surface area contributed by atoms with Crippen LogP contribution in [0.2, 0.25) is 0 Å². The van der Waals surface area contributed by atoms with Crippen LogP contribution in [0.15, 0.2) is 47.4 Å². The van der Waals surface area contributed by atoms with E-state index in [2.05, 4.69) is 22.3 Å². The lowest BCUT2D eigenvalue weighted by Gasteiger charge is -2.44. The molecule has 2 saturated heterocycles. The molecule has 1 aliphatic carbocycles. The molecule has 2 atom stereocenters. The van der Waals surface area contributed by atoms with Gasteiger partial charge in [0.25, 0.3) is 0 Å². The molecule has 15 heteroatoms. The van der Waals surface area contributed by atoms with Crippen molar-refractivity contribution in [2.45, 2.75) is 108 Å². The first-order valence-corrected chi connectivity index (χ1v) is 21.6. The Labute approximate surface area is 327 Å². The first-order chi connectivity index (χ1) is 26.7. The third-order valence-electron chi connectivity index (χ3n) is 11.5. The molecule has 5 heterocycles. The van der Waals surface area contributed by atoms with Crippen molar-refractivity contribution in [3.8, 4) is 0 Å². The van der Waals surface area contributed by atoms with Gasteiger partial charge in [-0.15, -0.1) is 5.10 Å². The minimum atomic E-state index is -3.47. The smallest absolute Gasteiger partial charge is 0.408 e. The van der Waals surface area contributed by atoms with Crippen molar-refractivity contribution >= 4 is 50.4 Å². The van der Waals surface area contributed by atoms with Crippen molar-refractivity contribution in [2.24, 2.45) is 5.41 Å². The average molecular weight is 786 g/mol. The van der Waals surface area contributed by atoms with Crippen LogP contribution in [0.5, 0.6) is 0 Å². The number of rotatable bonds is 7. The number of nitrogens with zero attached hydrogens (tertiary/aromatic N) is 6. The molecule has 1 spiro atoms. The molecule has 14 nitrogen and oxygen atoms in total. The van der Waals surface area contributed by atoms with Crippen LogP contribution in [0.25, 0.3) is 11.2 Å². The molecule has 0 radical (unpaired) electrons. The molecule has 0 bridgehead atoms. The molecular formula is C41H51N7O7S. The van der Waals surface area contributed by atoms with Gasteiger partial charge in [0.1, 0.15) is 17.9 Å². The first-order valence-electron chi connectivity index (χ1n) is 19.7. The summed E-state index contributed by atoms with van der Waals surface area (Å²) in [7, 11) is -3.47. The predicted molar refractivity (Wildman–Crippen MR) is 211 cm³/mol. The molecule has 56 heavy (non-hydrogen) atoms. The van der Waals surface area contributed by atoms with Gasteiger partial charge < -0.3 is 29.3 Å². The van der Waals surface area contributed by atoms with E-state index < -0.39 is 27.5 Å². The molecule has 298 valence electrons. The molecule has 3 aliphatic heterocycles. The zero-order valence-electron chi connectivity index (χ0n) is 32.8. The van der Waals surface area contributed by atoms with Crippen molar-refractivity contribution in [1.82, 2.24) is 25.1 Å². The van der Waals surface area contributed by atoms with E-state index in [-0.39, 0.29) is 24.3 Å².